The maximum atomic E-state index is 13.0. The molecular weight excluding hydrogens is 375 g/mol. The molecule has 0 aliphatic carbocycles. The summed E-state index contributed by atoms with van der Waals surface area (Å²) < 4.78 is 39.9. The minimum Gasteiger partial charge on any atom is -0.308 e. The monoisotopic (exact) mass is 389 g/mol. The van der Waals surface area contributed by atoms with Crippen LogP contribution in [0.1, 0.15) is 24.1 Å². The molecular formula is C19H14F3N3OS. The van der Waals surface area contributed by atoms with Crippen LogP contribution >= 0.6 is 11.3 Å². The van der Waals surface area contributed by atoms with Gasteiger partial charge in [0.25, 0.3) is 0 Å². The Hall–Kier alpha value is -2.87. The van der Waals surface area contributed by atoms with E-state index in [4.69, 9.17) is 0 Å². The van der Waals surface area contributed by atoms with E-state index in [0.717, 1.165) is 43.8 Å². The van der Waals surface area contributed by atoms with Gasteiger partial charge in [0.05, 0.1) is 5.92 Å². The van der Waals surface area contributed by atoms with Crippen molar-refractivity contribution in [3.8, 4) is 0 Å². The number of imidazole rings is 1. The van der Waals surface area contributed by atoms with Gasteiger partial charge in [0.2, 0.25) is 5.91 Å². The third kappa shape index (κ3) is 3.16. The van der Waals surface area contributed by atoms with Crippen molar-refractivity contribution in [2.24, 2.45) is 0 Å². The van der Waals surface area contributed by atoms with Gasteiger partial charge in [0.1, 0.15) is 16.9 Å². The number of amides is 1. The molecule has 1 amide bonds. The van der Waals surface area contributed by atoms with Gasteiger partial charge in [-0.05, 0) is 23.3 Å². The predicted molar refractivity (Wildman–Crippen MR) is 99.1 cm³/mol. The number of benzene rings is 2. The van der Waals surface area contributed by atoms with Gasteiger partial charge in [-0.15, -0.1) is 11.3 Å². The van der Waals surface area contributed by atoms with E-state index in [0.29, 0.717) is 0 Å². The second-order valence-electron chi connectivity index (χ2n) is 6.20. The molecule has 0 saturated heterocycles. The number of thiazole rings is 1. The number of carbonyl (C=O) groups is 1. The van der Waals surface area contributed by atoms with Gasteiger partial charge in [-0.25, -0.2) is 4.98 Å². The van der Waals surface area contributed by atoms with E-state index >= 15 is 0 Å². The Balaban J connectivity index is 1.59. The number of hydrogen-bond acceptors (Lipinski definition) is 3. The Kier molecular flexibility index (Phi) is 4.15. The molecule has 1 atom stereocenters. The zero-order valence-corrected chi connectivity index (χ0v) is 14.9. The lowest BCUT2D eigenvalue weighted by atomic mass is 9.97. The van der Waals surface area contributed by atoms with Crippen molar-refractivity contribution < 1.29 is 18.0 Å². The van der Waals surface area contributed by atoms with Gasteiger partial charge in [0, 0.05) is 5.38 Å². The number of fused-ring (bicyclic) bond motifs is 2. The highest BCUT2D eigenvalue weighted by Crippen LogP contribution is 2.35. The van der Waals surface area contributed by atoms with Gasteiger partial charge in [0.15, 0.2) is 5.82 Å². The minimum atomic E-state index is -4.47. The van der Waals surface area contributed by atoms with Crippen LogP contribution < -0.4 is 5.32 Å². The average molecular weight is 389 g/mol. The van der Waals surface area contributed by atoms with Gasteiger partial charge in [-0.3, -0.25) is 9.20 Å². The van der Waals surface area contributed by atoms with Crippen LogP contribution in [0.5, 0.6) is 0 Å². The number of aromatic nitrogens is 2. The van der Waals surface area contributed by atoms with E-state index in [-0.39, 0.29) is 16.6 Å². The number of halogens is 3. The summed E-state index contributed by atoms with van der Waals surface area (Å²) in [4.78, 5) is 16.8. The number of alkyl halides is 3. The number of hydrogen-bond donors (Lipinski definition) is 1. The quantitative estimate of drug-likeness (QED) is 0.516. The van der Waals surface area contributed by atoms with Gasteiger partial charge >= 0.3 is 6.18 Å². The molecule has 138 valence electrons. The minimum absolute atomic E-state index is 0.133. The Morgan fingerprint density at radius 1 is 1.19 bits per heavy atom. The first-order chi connectivity index (χ1) is 12.8. The summed E-state index contributed by atoms with van der Waals surface area (Å²) in [5.41, 5.74) is 0.0156. The van der Waals surface area contributed by atoms with Crippen molar-refractivity contribution in [3.63, 3.8) is 0 Å². The summed E-state index contributed by atoms with van der Waals surface area (Å²) in [7, 11) is 0. The zero-order chi connectivity index (χ0) is 19.2. The number of anilines is 1. The molecule has 4 rings (SSSR count). The second kappa shape index (κ2) is 6.38. The Morgan fingerprint density at radius 3 is 2.67 bits per heavy atom. The van der Waals surface area contributed by atoms with E-state index in [2.05, 4.69) is 10.3 Å². The summed E-state index contributed by atoms with van der Waals surface area (Å²) in [5.74, 6) is -0.672. The maximum absolute atomic E-state index is 13.0. The van der Waals surface area contributed by atoms with E-state index in [9.17, 15) is 18.0 Å². The first kappa shape index (κ1) is 17.5. The summed E-state index contributed by atoms with van der Waals surface area (Å²) in [6.45, 7) is 1.75. The molecule has 0 radical (unpaired) electrons. The van der Waals surface area contributed by atoms with Crippen LogP contribution in [-0.2, 0) is 11.0 Å². The van der Waals surface area contributed by atoms with Crippen LogP contribution in [0.4, 0.5) is 19.0 Å². The largest absolute Gasteiger partial charge is 0.432 e. The molecule has 2 aromatic heterocycles. The standard InChI is InChI=1S/C19H14F3N3OS/c1-11(13-7-6-12-4-2-3-5-14(12)8-13)17(26)24-16-18-25(10-23-16)15(9-27-18)19(20,21)22/h2-11H,1H3,(H,24,26). The lowest BCUT2D eigenvalue weighted by molar-refractivity contribution is -0.141. The molecule has 0 aliphatic rings. The molecule has 0 saturated carbocycles. The lowest BCUT2D eigenvalue weighted by Crippen LogP contribution is -2.19. The highest BCUT2D eigenvalue weighted by atomic mass is 32.1. The van der Waals surface area contributed by atoms with Crippen molar-refractivity contribution in [2.45, 2.75) is 19.0 Å². The third-order valence-electron chi connectivity index (χ3n) is 4.46. The molecule has 0 fully saturated rings. The van der Waals surface area contributed by atoms with Crippen LogP contribution in [0.15, 0.2) is 54.2 Å². The number of rotatable bonds is 3. The normalized spacial score (nSPS) is 13.2. The van der Waals surface area contributed by atoms with Crippen LogP contribution in [-0.4, -0.2) is 15.3 Å². The average Bonchev–Trinajstić information content (AvgIpc) is 3.23. The first-order valence-corrected chi connectivity index (χ1v) is 9.04. The van der Waals surface area contributed by atoms with E-state index in [1.807, 2.05) is 42.5 Å². The van der Waals surface area contributed by atoms with E-state index in [1.54, 1.807) is 6.92 Å². The summed E-state index contributed by atoms with van der Waals surface area (Å²) in [6.07, 6.45) is -3.40. The van der Waals surface area contributed by atoms with E-state index in [1.165, 1.54) is 0 Å². The molecule has 0 spiro atoms. The van der Waals surface area contributed by atoms with Gasteiger partial charge in [-0.2, -0.15) is 13.2 Å². The zero-order valence-electron chi connectivity index (χ0n) is 14.1. The predicted octanol–water partition coefficient (Wildman–Crippen LogP) is 5.31. The fraction of sp³-hybridized carbons (Fsp3) is 0.158. The molecule has 1 unspecified atom stereocenters. The van der Waals surface area contributed by atoms with Crippen LogP contribution in [0.3, 0.4) is 0 Å². The molecule has 0 aliphatic heterocycles. The van der Waals surface area contributed by atoms with Crippen LogP contribution in [0, 0.1) is 0 Å². The lowest BCUT2D eigenvalue weighted by Gasteiger charge is -2.12. The number of carbonyl (C=O) groups excluding carboxylic acids is 1. The number of nitrogens with one attached hydrogen (secondary N) is 1. The highest BCUT2D eigenvalue weighted by Gasteiger charge is 2.35. The summed E-state index contributed by atoms with van der Waals surface area (Å²) in [5, 5.41) is 5.75. The van der Waals surface area contributed by atoms with Crippen molar-refractivity contribution >= 4 is 38.7 Å². The van der Waals surface area contributed by atoms with Crippen molar-refractivity contribution in [1.82, 2.24) is 9.38 Å². The Labute approximate surface area is 156 Å². The Morgan fingerprint density at radius 2 is 1.93 bits per heavy atom. The molecule has 0 bridgehead atoms. The van der Waals surface area contributed by atoms with Gasteiger partial charge in [-0.1, -0.05) is 42.5 Å². The van der Waals surface area contributed by atoms with Crippen molar-refractivity contribution in [1.29, 1.82) is 0 Å². The van der Waals surface area contributed by atoms with Gasteiger partial charge < -0.3 is 5.32 Å². The topological polar surface area (TPSA) is 46.4 Å². The first-order valence-electron chi connectivity index (χ1n) is 8.16. The van der Waals surface area contributed by atoms with E-state index < -0.39 is 17.8 Å². The fourth-order valence-corrected chi connectivity index (χ4v) is 3.88. The summed E-state index contributed by atoms with van der Waals surface area (Å²) in [6, 6.07) is 13.6. The molecule has 27 heavy (non-hydrogen) atoms. The molecule has 2 heterocycles. The Bertz CT molecular complexity index is 1150. The molecule has 8 heteroatoms. The molecule has 1 N–H and O–H groups in total. The van der Waals surface area contributed by atoms with Crippen molar-refractivity contribution in [3.05, 3.63) is 65.4 Å². The van der Waals surface area contributed by atoms with Crippen LogP contribution in [0.25, 0.3) is 15.6 Å². The molecule has 4 aromatic rings. The fourth-order valence-electron chi connectivity index (χ4n) is 2.93. The third-order valence-corrected chi connectivity index (χ3v) is 5.42. The second-order valence-corrected chi connectivity index (χ2v) is 7.06. The SMILES string of the molecule is CC(C(=O)Nc1ncn2c(C(F)(F)F)csc12)c1ccc2ccccc2c1. The smallest absolute Gasteiger partial charge is 0.308 e. The van der Waals surface area contributed by atoms with Crippen molar-refractivity contribution in [2.75, 3.05) is 5.32 Å². The molecule has 4 nitrogen and oxygen atoms in total. The number of nitrogens with zero attached hydrogens (tertiary/aromatic N) is 2. The summed E-state index contributed by atoms with van der Waals surface area (Å²) >= 11 is 0.891. The highest BCUT2D eigenvalue weighted by molar-refractivity contribution is 7.16. The maximum Gasteiger partial charge on any atom is 0.432 e. The van der Waals surface area contributed by atoms with Crippen LogP contribution in [0.2, 0.25) is 0 Å². The molecule has 2 aromatic carbocycles.